The molecule has 0 saturated heterocycles. The van der Waals surface area contributed by atoms with Gasteiger partial charge in [0.1, 0.15) is 22.8 Å². The third kappa shape index (κ3) is 4.49. The molecule has 0 fully saturated rings. The summed E-state index contributed by atoms with van der Waals surface area (Å²) < 4.78 is 11.6. The molecule has 216 valence electrons. The van der Waals surface area contributed by atoms with Gasteiger partial charge in [-0.2, -0.15) is 0 Å². The van der Waals surface area contributed by atoms with Gasteiger partial charge in [0, 0.05) is 0 Å². The normalized spacial score (nSPS) is 14.3. The molecule has 0 aliphatic heterocycles. The maximum atomic E-state index is 11.3. The Hall–Kier alpha value is -5.12. The number of rotatable bonds is 7. The number of hydrogen-bond donors (Lipinski definition) is 1. The first-order valence-electron chi connectivity index (χ1n) is 14.9. The summed E-state index contributed by atoms with van der Waals surface area (Å²) in [5, 5.41) is 11.3. The Kier molecular flexibility index (Phi) is 6.84. The van der Waals surface area contributed by atoms with Crippen molar-refractivity contribution in [1.29, 1.82) is 0 Å². The van der Waals surface area contributed by atoms with Crippen LogP contribution in [-0.4, -0.2) is 12.2 Å². The van der Waals surface area contributed by atoms with Gasteiger partial charge in [0.15, 0.2) is 0 Å². The number of aryl methyl sites for hydroxylation is 1. The monoisotopic (exact) mass is 574 g/mol. The Bertz CT molecular complexity index is 1870. The van der Waals surface area contributed by atoms with E-state index in [4.69, 9.17) is 9.47 Å². The van der Waals surface area contributed by atoms with E-state index in [1.165, 1.54) is 38.9 Å². The largest absolute Gasteiger partial charge is 0.497 e. The highest BCUT2D eigenvalue weighted by atomic mass is 16.5. The highest BCUT2D eigenvalue weighted by molar-refractivity contribution is 5.86. The molecule has 6 aromatic carbocycles. The van der Waals surface area contributed by atoms with Crippen LogP contribution in [0.25, 0.3) is 11.1 Å². The van der Waals surface area contributed by atoms with Crippen molar-refractivity contribution in [1.82, 2.24) is 0 Å². The molecule has 0 saturated carbocycles. The van der Waals surface area contributed by atoms with Crippen molar-refractivity contribution in [3.63, 3.8) is 0 Å². The molecule has 1 aliphatic carbocycles. The summed E-state index contributed by atoms with van der Waals surface area (Å²) in [7, 11) is 1.63. The first-order chi connectivity index (χ1) is 21.4. The summed E-state index contributed by atoms with van der Waals surface area (Å²) in [5.41, 5.74) is 8.79. The van der Waals surface area contributed by atoms with E-state index < -0.39 is 11.0 Å². The third-order valence-corrected chi connectivity index (χ3v) is 9.03. The van der Waals surface area contributed by atoms with Crippen molar-refractivity contribution in [3.05, 3.63) is 185 Å². The molecule has 3 nitrogen and oxygen atoms in total. The molecule has 0 aromatic heterocycles. The first-order valence-corrected chi connectivity index (χ1v) is 14.9. The molecular formula is C41H34O3. The van der Waals surface area contributed by atoms with Gasteiger partial charge in [0.25, 0.3) is 0 Å². The SMILES string of the molecule is COc1ccc(C(C)(O)c2ccc(Oc3ccc(C4(c5ccc(C)cc5)c5ccccc5-c5ccccc54)cc3)cc2)cc1. The number of ether oxygens (including phenoxy) is 2. The Morgan fingerprint density at radius 1 is 0.523 bits per heavy atom. The van der Waals surface area contributed by atoms with Crippen LogP contribution in [0.5, 0.6) is 17.2 Å². The topological polar surface area (TPSA) is 38.7 Å². The predicted molar refractivity (Wildman–Crippen MR) is 177 cm³/mol. The van der Waals surface area contributed by atoms with Crippen molar-refractivity contribution >= 4 is 0 Å². The molecule has 6 aromatic rings. The zero-order valence-electron chi connectivity index (χ0n) is 25.1. The fraction of sp³-hybridized carbons (Fsp3) is 0.122. The van der Waals surface area contributed by atoms with Crippen LogP contribution in [0.3, 0.4) is 0 Å². The van der Waals surface area contributed by atoms with E-state index >= 15 is 0 Å². The molecule has 0 radical (unpaired) electrons. The molecule has 1 atom stereocenters. The summed E-state index contributed by atoms with van der Waals surface area (Å²) in [6, 6.07) is 50.1. The molecule has 0 heterocycles. The molecule has 1 unspecified atom stereocenters. The van der Waals surface area contributed by atoms with Gasteiger partial charge in [-0.05, 0) is 94.8 Å². The molecule has 0 bridgehead atoms. The van der Waals surface area contributed by atoms with Crippen LogP contribution in [0.1, 0.15) is 45.9 Å². The third-order valence-electron chi connectivity index (χ3n) is 9.03. The van der Waals surface area contributed by atoms with Gasteiger partial charge in [-0.25, -0.2) is 0 Å². The van der Waals surface area contributed by atoms with Crippen molar-refractivity contribution in [2.75, 3.05) is 7.11 Å². The summed E-state index contributed by atoms with van der Waals surface area (Å²) in [6.45, 7) is 3.93. The van der Waals surface area contributed by atoms with Crippen molar-refractivity contribution < 1.29 is 14.6 Å². The molecule has 0 spiro atoms. The number of hydrogen-bond acceptors (Lipinski definition) is 3. The zero-order chi connectivity index (χ0) is 30.3. The number of methoxy groups -OCH3 is 1. The lowest BCUT2D eigenvalue weighted by atomic mass is 9.67. The predicted octanol–water partition coefficient (Wildman–Crippen LogP) is 9.41. The standard InChI is InChI=1S/C41H34O3/c1-28-12-14-31(15-13-28)41(38-10-6-4-8-36(38)37-9-5-7-11-39(37)41)32-20-26-35(27-21-32)44-34-24-18-30(19-25-34)40(2,42)29-16-22-33(43-3)23-17-29/h4-27,42H,1-3H3. The molecule has 0 amide bonds. The lowest BCUT2D eigenvalue weighted by Gasteiger charge is -2.34. The van der Waals surface area contributed by atoms with E-state index in [2.05, 4.69) is 104 Å². The minimum atomic E-state index is -1.15. The first kappa shape index (κ1) is 27.7. The van der Waals surface area contributed by atoms with Crippen molar-refractivity contribution in [3.8, 4) is 28.4 Å². The number of fused-ring (bicyclic) bond motifs is 3. The van der Waals surface area contributed by atoms with Gasteiger partial charge in [-0.15, -0.1) is 0 Å². The Morgan fingerprint density at radius 2 is 0.932 bits per heavy atom. The quantitative estimate of drug-likeness (QED) is 0.206. The molecule has 7 rings (SSSR count). The molecule has 44 heavy (non-hydrogen) atoms. The van der Waals surface area contributed by atoms with Crippen molar-refractivity contribution in [2.24, 2.45) is 0 Å². The summed E-state index contributed by atoms with van der Waals surface area (Å²) in [5.74, 6) is 2.21. The summed E-state index contributed by atoms with van der Waals surface area (Å²) in [6.07, 6.45) is 0. The fourth-order valence-corrected chi connectivity index (χ4v) is 6.67. The second kappa shape index (κ2) is 10.9. The van der Waals surface area contributed by atoms with Gasteiger partial charge >= 0.3 is 0 Å². The Morgan fingerprint density at radius 3 is 1.41 bits per heavy atom. The van der Waals surface area contributed by atoms with Gasteiger partial charge in [0.2, 0.25) is 0 Å². The lowest BCUT2D eigenvalue weighted by molar-refractivity contribution is 0.102. The maximum absolute atomic E-state index is 11.3. The average molecular weight is 575 g/mol. The number of benzene rings is 6. The Balaban J connectivity index is 1.22. The lowest BCUT2D eigenvalue weighted by Crippen LogP contribution is -2.28. The maximum Gasteiger partial charge on any atom is 0.127 e. The average Bonchev–Trinajstić information content (AvgIpc) is 3.37. The Labute approximate surface area is 259 Å². The van der Waals surface area contributed by atoms with E-state index in [0.29, 0.717) is 5.75 Å². The van der Waals surface area contributed by atoms with E-state index in [-0.39, 0.29) is 0 Å². The second-order valence-corrected chi connectivity index (χ2v) is 11.7. The van der Waals surface area contributed by atoms with Crippen LogP contribution in [0.2, 0.25) is 0 Å². The van der Waals surface area contributed by atoms with Gasteiger partial charge in [-0.3, -0.25) is 0 Å². The smallest absolute Gasteiger partial charge is 0.127 e. The minimum absolute atomic E-state index is 0.436. The number of aliphatic hydroxyl groups is 1. The van der Waals surface area contributed by atoms with Crippen LogP contribution in [0, 0.1) is 6.92 Å². The fourth-order valence-electron chi connectivity index (χ4n) is 6.67. The highest BCUT2D eigenvalue weighted by Gasteiger charge is 2.45. The summed E-state index contributed by atoms with van der Waals surface area (Å²) in [4.78, 5) is 0. The highest BCUT2D eigenvalue weighted by Crippen LogP contribution is 2.56. The second-order valence-electron chi connectivity index (χ2n) is 11.7. The van der Waals surface area contributed by atoms with Gasteiger partial charge in [-0.1, -0.05) is 115 Å². The van der Waals surface area contributed by atoms with Crippen LogP contribution in [0.15, 0.2) is 146 Å². The van der Waals surface area contributed by atoms with E-state index in [9.17, 15) is 5.11 Å². The molecule has 1 N–H and O–H groups in total. The van der Waals surface area contributed by atoms with E-state index in [1.54, 1.807) is 14.0 Å². The van der Waals surface area contributed by atoms with Crippen LogP contribution >= 0.6 is 0 Å². The van der Waals surface area contributed by atoms with E-state index in [0.717, 1.165) is 22.6 Å². The molecule has 1 aliphatic rings. The summed E-state index contributed by atoms with van der Waals surface area (Å²) >= 11 is 0. The minimum Gasteiger partial charge on any atom is -0.497 e. The van der Waals surface area contributed by atoms with Crippen LogP contribution in [0.4, 0.5) is 0 Å². The zero-order valence-corrected chi connectivity index (χ0v) is 25.1. The van der Waals surface area contributed by atoms with Gasteiger partial charge < -0.3 is 14.6 Å². The molecular weight excluding hydrogens is 540 g/mol. The van der Waals surface area contributed by atoms with Crippen LogP contribution in [-0.2, 0) is 11.0 Å². The van der Waals surface area contributed by atoms with E-state index in [1.807, 2.05) is 48.5 Å². The van der Waals surface area contributed by atoms with Crippen molar-refractivity contribution in [2.45, 2.75) is 24.9 Å². The van der Waals surface area contributed by atoms with Crippen LogP contribution < -0.4 is 9.47 Å². The molecule has 3 heteroatoms. The van der Waals surface area contributed by atoms with Gasteiger partial charge in [0.05, 0.1) is 12.5 Å².